The molecule has 1 aliphatic heterocycles. The summed E-state index contributed by atoms with van der Waals surface area (Å²) in [7, 11) is 0. The lowest BCUT2D eigenvalue weighted by atomic mass is 10.1. The number of ether oxygens (including phenoxy) is 1. The normalized spacial score (nSPS) is 16.9. The van der Waals surface area contributed by atoms with Crippen molar-refractivity contribution in [2.75, 3.05) is 6.61 Å². The minimum absolute atomic E-state index is 0.0106. The highest BCUT2D eigenvalue weighted by Crippen LogP contribution is 2.23. The number of primary amides is 1. The van der Waals surface area contributed by atoms with Crippen LogP contribution in [0.2, 0.25) is 0 Å². The number of nitrogens with two attached hydrogens (primary N) is 1. The van der Waals surface area contributed by atoms with Crippen LogP contribution in [0.5, 0.6) is 0 Å². The van der Waals surface area contributed by atoms with E-state index in [1.165, 1.54) is 4.57 Å². The summed E-state index contributed by atoms with van der Waals surface area (Å²) < 4.78 is 7.15. The van der Waals surface area contributed by atoms with Crippen molar-refractivity contribution in [3.05, 3.63) is 45.5 Å². The Labute approximate surface area is 155 Å². The lowest BCUT2D eigenvalue weighted by molar-refractivity contribution is 0.0970. The fourth-order valence-electron chi connectivity index (χ4n) is 3.38. The van der Waals surface area contributed by atoms with Gasteiger partial charge in [0.2, 0.25) is 0 Å². The summed E-state index contributed by atoms with van der Waals surface area (Å²) in [5.74, 6) is -0.350. The minimum Gasteiger partial charge on any atom is -0.376 e. The first-order valence-electron chi connectivity index (χ1n) is 8.93. The van der Waals surface area contributed by atoms with Crippen LogP contribution in [0.1, 0.15) is 34.5 Å². The molecule has 1 saturated heterocycles. The van der Waals surface area contributed by atoms with Crippen LogP contribution in [0, 0.1) is 13.8 Å². The summed E-state index contributed by atoms with van der Waals surface area (Å²) >= 11 is 0. The number of rotatable bonds is 4. The van der Waals surface area contributed by atoms with Crippen LogP contribution in [0.3, 0.4) is 0 Å². The number of carbonyl (C=O) groups is 1. The Bertz CT molecular complexity index is 1090. The molecule has 27 heavy (non-hydrogen) atoms. The standard InChI is InChI=1S/C19H21N5O3/c1-10-5-6-12(8-11(10)2)17-21-14(16(20)25)15-18(23-17)24(19(26)22-15)9-13-4-3-7-27-13/h5-6,8,13H,3-4,7,9H2,1-2H3,(H2,20,25)(H,22,26)/t13-/m0/s1. The number of aryl methyl sites for hydroxylation is 2. The average Bonchev–Trinajstić information content (AvgIpc) is 3.25. The monoisotopic (exact) mass is 367 g/mol. The fraction of sp³-hybridized carbons (Fsp3) is 0.368. The van der Waals surface area contributed by atoms with Crippen LogP contribution in [0.4, 0.5) is 0 Å². The number of carbonyl (C=O) groups excluding carboxylic acids is 1. The zero-order chi connectivity index (χ0) is 19.1. The molecule has 2 aromatic heterocycles. The Balaban J connectivity index is 1.91. The van der Waals surface area contributed by atoms with Gasteiger partial charge in [0.05, 0.1) is 12.6 Å². The largest absolute Gasteiger partial charge is 0.376 e. The molecule has 3 heterocycles. The molecule has 0 unspecified atom stereocenters. The second-order valence-corrected chi connectivity index (χ2v) is 6.93. The summed E-state index contributed by atoms with van der Waals surface area (Å²) in [6, 6.07) is 5.82. The van der Waals surface area contributed by atoms with E-state index in [1.807, 2.05) is 32.0 Å². The van der Waals surface area contributed by atoms with Crippen LogP contribution in [-0.4, -0.2) is 38.1 Å². The van der Waals surface area contributed by atoms with Crippen molar-refractivity contribution in [2.45, 2.75) is 39.3 Å². The fourth-order valence-corrected chi connectivity index (χ4v) is 3.38. The van der Waals surface area contributed by atoms with Crippen LogP contribution < -0.4 is 11.4 Å². The van der Waals surface area contributed by atoms with Crippen molar-refractivity contribution in [3.8, 4) is 11.4 Å². The maximum atomic E-state index is 12.5. The molecule has 0 bridgehead atoms. The molecular weight excluding hydrogens is 346 g/mol. The van der Waals surface area contributed by atoms with E-state index in [4.69, 9.17) is 10.5 Å². The van der Waals surface area contributed by atoms with Gasteiger partial charge in [-0.05, 0) is 43.9 Å². The molecule has 0 radical (unpaired) electrons. The Hall–Kier alpha value is -3.00. The zero-order valence-corrected chi connectivity index (χ0v) is 15.3. The highest BCUT2D eigenvalue weighted by Gasteiger charge is 2.23. The molecule has 140 valence electrons. The van der Waals surface area contributed by atoms with Crippen molar-refractivity contribution in [3.63, 3.8) is 0 Å². The summed E-state index contributed by atoms with van der Waals surface area (Å²) in [6.45, 7) is 5.08. The van der Waals surface area contributed by atoms with E-state index in [0.29, 0.717) is 24.6 Å². The summed E-state index contributed by atoms with van der Waals surface area (Å²) in [5.41, 5.74) is 8.80. The van der Waals surface area contributed by atoms with Gasteiger partial charge in [-0.25, -0.2) is 14.8 Å². The number of imidazole rings is 1. The van der Waals surface area contributed by atoms with Gasteiger partial charge in [-0.15, -0.1) is 0 Å². The predicted molar refractivity (Wildman–Crippen MR) is 101 cm³/mol. The average molecular weight is 367 g/mol. The van der Waals surface area contributed by atoms with Gasteiger partial charge in [0, 0.05) is 12.2 Å². The summed E-state index contributed by atoms with van der Waals surface area (Å²) in [4.78, 5) is 36.0. The Morgan fingerprint density at radius 2 is 2.15 bits per heavy atom. The number of hydrogen-bond donors (Lipinski definition) is 2. The molecule has 1 atom stereocenters. The van der Waals surface area contributed by atoms with E-state index in [9.17, 15) is 9.59 Å². The van der Waals surface area contributed by atoms with E-state index in [2.05, 4.69) is 15.0 Å². The second-order valence-electron chi connectivity index (χ2n) is 6.93. The molecule has 1 amide bonds. The van der Waals surface area contributed by atoms with Gasteiger partial charge in [-0.2, -0.15) is 0 Å². The zero-order valence-electron chi connectivity index (χ0n) is 15.3. The number of hydrogen-bond acceptors (Lipinski definition) is 5. The van der Waals surface area contributed by atoms with E-state index < -0.39 is 5.91 Å². The van der Waals surface area contributed by atoms with Crippen LogP contribution in [0.25, 0.3) is 22.6 Å². The van der Waals surface area contributed by atoms with E-state index in [0.717, 1.165) is 29.5 Å². The van der Waals surface area contributed by atoms with Gasteiger partial charge in [-0.3, -0.25) is 9.36 Å². The summed E-state index contributed by atoms with van der Waals surface area (Å²) in [6.07, 6.45) is 1.81. The van der Waals surface area contributed by atoms with Crippen LogP contribution in [-0.2, 0) is 11.3 Å². The van der Waals surface area contributed by atoms with Crippen molar-refractivity contribution in [2.24, 2.45) is 5.73 Å². The third-order valence-corrected chi connectivity index (χ3v) is 5.03. The molecule has 0 spiro atoms. The highest BCUT2D eigenvalue weighted by molar-refractivity contribution is 6.01. The number of aromatic nitrogens is 4. The molecule has 8 heteroatoms. The van der Waals surface area contributed by atoms with E-state index in [1.54, 1.807) is 0 Å². The number of nitrogens with zero attached hydrogens (tertiary/aromatic N) is 3. The Morgan fingerprint density at radius 3 is 2.81 bits per heavy atom. The van der Waals surface area contributed by atoms with Gasteiger partial charge >= 0.3 is 5.69 Å². The molecular formula is C19H21N5O3. The lowest BCUT2D eigenvalue weighted by Crippen LogP contribution is -2.24. The van der Waals surface area contributed by atoms with Crippen molar-refractivity contribution >= 4 is 17.1 Å². The molecule has 4 rings (SSSR count). The van der Waals surface area contributed by atoms with Crippen LogP contribution >= 0.6 is 0 Å². The number of amides is 1. The second kappa shape index (κ2) is 6.62. The molecule has 0 saturated carbocycles. The van der Waals surface area contributed by atoms with Gasteiger partial charge in [0.1, 0.15) is 5.52 Å². The first-order chi connectivity index (χ1) is 12.9. The molecule has 0 aliphatic carbocycles. The predicted octanol–water partition coefficient (Wildman–Crippen LogP) is 1.68. The van der Waals surface area contributed by atoms with Gasteiger partial charge < -0.3 is 15.5 Å². The molecule has 1 fully saturated rings. The molecule has 1 aromatic carbocycles. The maximum absolute atomic E-state index is 12.5. The molecule has 3 N–H and O–H groups in total. The first-order valence-corrected chi connectivity index (χ1v) is 8.93. The number of aromatic amines is 1. The molecule has 8 nitrogen and oxygen atoms in total. The van der Waals surface area contributed by atoms with E-state index in [-0.39, 0.29) is 23.0 Å². The number of nitrogens with one attached hydrogen (secondary N) is 1. The number of H-pyrrole nitrogens is 1. The van der Waals surface area contributed by atoms with Gasteiger partial charge in [0.15, 0.2) is 17.2 Å². The van der Waals surface area contributed by atoms with Gasteiger partial charge in [-0.1, -0.05) is 12.1 Å². The summed E-state index contributed by atoms with van der Waals surface area (Å²) in [5, 5.41) is 0. The number of fused-ring (bicyclic) bond motifs is 1. The van der Waals surface area contributed by atoms with E-state index >= 15 is 0 Å². The third-order valence-electron chi connectivity index (χ3n) is 5.03. The maximum Gasteiger partial charge on any atom is 0.327 e. The van der Waals surface area contributed by atoms with Gasteiger partial charge in [0.25, 0.3) is 5.91 Å². The Morgan fingerprint density at radius 1 is 1.33 bits per heavy atom. The van der Waals surface area contributed by atoms with Crippen molar-refractivity contribution < 1.29 is 9.53 Å². The van der Waals surface area contributed by atoms with Crippen molar-refractivity contribution in [1.29, 1.82) is 0 Å². The quantitative estimate of drug-likeness (QED) is 0.728. The molecule has 3 aromatic rings. The topological polar surface area (TPSA) is 116 Å². The minimum atomic E-state index is -0.710. The Kier molecular flexibility index (Phi) is 4.27. The smallest absolute Gasteiger partial charge is 0.327 e. The first kappa shape index (κ1) is 17.4. The van der Waals surface area contributed by atoms with Crippen LogP contribution in [0.15, 0.2) is 23.0 Å². The number of benzene rings is 1. The molecule has 1 aliphatic rings. The SMILES string of the molecule is Cc1ccc(-c2nc(C(N)=O)c3[nH]c(=O)n(C[C@@H]4CCCO4)c3n2)cc1C. The lowest BCUT2D eigenvalue weighted by Gasteiger charge is -2.11. The third kappa shape index (κ3) is 3.12. The highest BCUT2D eigenvalue weighted by atomic mass is 16.5. The van der Waals surface area contributed by atoms with Crippen molar-refractivity contribution in [1.82, 2.24) is 19.5 Å².